The van der Waals surface area contributed by atoms with Gasteiger partial charge in [0, 0.05) is 11.1 Å². The van der Waals surface area contributed by atoms with E-state index in [0.717, 1.165) is 33.4 Å². The van der Waals surface area contributed by atoms with E-state index in [0.29, 0.717) is 29.8 Å². The van der Waals surface area contributed by atoms with E-state index in [1.807, 2.05) is 110 Å². The van der Waals surface area contributed by atoms with Crippen molar-refractivity contribution in [3.63, 3.8) is 0 Å². The van der Waals surface area contributed by atoms with Crippen LogP contribution in [-0.2, 0) is 25.7 Å². The molecule has 0 saturated heterocycles. The molecule has 7 heteroatoms. The minimum absolute atomic E-state index is 0.228. The van der Waals surface area contributed by atoms with E-state index in [4.69, 9.17) is 14.2 Å². The first kappa shape index (κ1) is 29.8. The number of hydrogen-bond donors (Lipinski definition) is 1. The summed E-state index contributed by atoms with van der Waals surface area (Å²) in [6.45, 7) is 2.95. The number of aryl methyl sites for hydroxylation is 1. The summed E-state index contributed by atoms with van der Waals surface area (Å²) in [5, 5.41) is 9.25. The van der Waals surface area contributed by atoms with Crippen molar-refractivity contribution in [1.29, 1.82) is 0 Å². The summed E-state index contributed by atoms with van der Waals surface area (Å²) < 4.78 is 17.3. The molecule has 0 aliphatic heterocycles. The predicted octanol–water partition coefficient (Wildman–Crippen LogP) is 7.46. The molecule has 0 radical (unpaired) electrons. The van der Waals surface area contributed by atoms with Gasteiger partial charge in [-0.2, -0.15) is 0 Å². The first-order valence-corrected chi connectivity index (χ1v) is 14.0. The highest BCUT2D eigenvalue weighted by Gasteiger charge is 2.26. The molecule has 7 nitrogen and oxygen atoms in total. The lowest BCUT2D eigenvalue weighted by Crippen LogP contribution is -2.14. The van der Waals surface area contributed by atoms with Gasteiger partial charge in [0.1, 0.15) is 12.4 Å². The zero-order valence-electron chi connectivity index (χ0n) is 24.0. The molecule has 0 aliphatic carbocycles. The average Bonchev–Trinajstić information content (AvgIpc) is 3.06. The molecule has 5 aromatic carbocycles. The van der Waals surface area contributed by atoms with Gasteiger partial charge in [-0.1, -0.05) is 91.0 Å². The Morgan fingerprint density at radius 2 is 1.30 bits per heavy atom. The van der Waals surface area contributed by atoms with E-state index in [1.165, 1.54) is 0 Å². The second-order valence-electron chi connectivity index (χ2n) is 10.2. The predicted molar refractivity (Wildman–Crippen MR) is 165 cm³/mol. The third-order valence-corrected chi connectivity index (χ3v) is 7.35. The molecule has 0 spiro atoms. The van der Waals surface area contributed by atoms with Crippen molar-refractivity contribution >= 4 is 18.9 Å². The van der Waals surface area contributed by atoms with E-state index >= 15 is 0 Å². The van der Waals surface area contributed by atoms with Gasteiger partial charge in [0.2, 0.25) is 0 Å². The molecular weight excluding hydrogens is 556 g/mol. The van der Waals surface area contributed by atoms with Crippen molar-refractivity contribution in [3.05, 3.63) is 160 Å². The highest BCUT2D eigenvalue weighted by molar-refractivity contribution is 5.89. The Kier molecular flexibility index (Phi) is 9.47. The Morgan fingerprint density at radius 3 is 1.84 bits per heavy atom. The Bertz CT molecular complexity index is 1730. The summed E-state index contributed by atoms with van der Waals surface area (Å²) in [4.78, 5) is 34.5. The molecule has 2 unspecified atom stereocenters. The smallest absolute Gasteiger partial charge is 0.335 e. The fourth-order valence-corrected chi connectivity index (χ4v) is 5.23. The van der Waals surface area contributed by atoms with Crippen LogP contribution in [0.2, 0.25) is 0 Å². The number of benzene rings is 5. The van der Waals surface area contributed by atoms with E-state index < -0.39 is 18.2 Å². The van der Waals surface area contributed by atoms with Crippen LogP contribution in [0.4, 0.5) is 0 Å². The highest BCUT2D eigenvalue weighted by Crippen LogP contribution is 2.36. The molecule has 0 saturated carbocycles. The molecule has 0 amide bonds. The van der Waals surface area contributed by atoms with Crippen molar-refractivity contribution in [2.45, 2.75) is 25.7 Å². The van der Waals surface area contributed by atoms with Crippen LogP contribution in [0.15, 0.2) is 121 Å². The first-order valence-electron chi connectivity index (χ1n) is 14.0. The van der Waals surface area contributed by atoms with Gasteiger partial charge in [-0.3, -0.25) is 9.59 Å². The molecule has 0 aromatic heterocycles. The number of ether oxygens (including phenoxy) is 3. The topological polar surface area (TPSA) is 99.1 Å². The Hall–Kier alpha value is -5.69. The number of carboxylic acids is 1. The van der Waals surface area contributed by atoms with Gasteiger partial charge in [-0.25, -0.2) is 4.79 Å². The highest BCUT2D eigenvalue weighted by atomic mass is 16.5. The molecule has 0 fully saturated rings. The van der Waals surface area contributed by atoms with Crippen LogP contribution in [0.1, 0.15) is 55.9 Å². The van der Waals surface area contributed by atoms with Crippen LogP contribution in [0, 0.1) is 6.92 Å². The summed E-state index contributed by atoms with van der Waals surface area (Å²) in [5.74, 6) is -0.311. The van der Waals surface area contributed by atoms with Crippen LogP contribution < -0.4 is 4.74 Å². The average molecular weight is 587 g/mol. The Labute approximate surface area is 255 Å². The maximum atomic E-state index is 11.7. The zero-order valence-corrected chi connectivity index (χ0v) is 24.0. The summed E-state index contributed by atoms with van der Waals surface area (Å²) in [6.07, 6.45) is -1.47. The quantitative estimate of drug-likeness (QED) is 0.143. The maximum Gasteiger partial charge on any atom is 0.335 e. The second-order valence-corrected chi connectivity index (χ2v) is 10.2. The third-order valence-electron chi connectivity index (χ3n) is 7.35. The molecule has 220 valence electrons. The summed E-state index contributed by atoms with van der Waals surface area (Å²) in [5.41, 5.74) is 6.69. The first-order chi connectivity index (χ1) is 21.5. The third kappa shape index (κ3) is 6.85. The maximum absolute atomic E-state index is 11.7. The Morgan fingerprint density at radius 1 is 0.705 bits per heavy atom. The number of carbonyl (C=O) groups is 3. The van der Waals surface area contributed by atoms with Crippen LogP contribution >= 0.6 is 0 Å². The number of carboxylic acid groups (broad SMARTS) is 1. The summed E-state index contributed by atoms with van der Waals surface area (Å²) >= 11 is 0. The summed E-state index contributed by atoms with van der Waals surface area (Å²) in [6, 6.07) is 37.0. The molecule has 0 bridgehead atoms. The number of hydrogen-bond acceptors (Lipinski definition) is 6. The number of carbonyl (C=O) groups excluding carboxylic acids is 2. The SMILES string of the molecule is Cc1cc(C(=O)O)ccc1-c1ccc(OCc2ccc(C(OC=O)c3ccccc3)c(C(OC=O)c3ccccc3)c2)cc1. The molecule has 0 aliphatic rings. The number of rotatable bonds is 13. The van der Waals surface area contributed by atoms with Gasteiger partial charge < -0.3 is 19.3 Å². The molecule has 1 N–H and O–H groups in total. The molecule has 44 heavy (non-hydrogen) atoms. The minimum Gasteiger partial charge on any atom is -0.489 e. The standard InChI is InChI=1S/C37H30O7/c1-25-20-30(37(40)41)15-19-32(25)27-13-16-31(17-14-27)42-22-26-12-18-33(35(43-23-38)28-8-4-2-5-9-28)34(21-26)36(44-24-39)29-10-6-3-7-11-29/h2-21,23-24,35-36H,22H2,1H3,(H,40,41). The Balaban J connectivity index is 1.45. The molecule has 5 rings (SSSR count). The fourth-order valence-electron chi connectivity index (χ4n) is 5.23. The lowest BCUT2D eigenvalue weighted by Gasteiger charge is -2.25. The van der Waals surface area contributed by atoms with Crippen LogP contribution in [0.3, 0.4) is 0 Å². The van der Waals surface area contributed by atoms with Gasteiger partial charge in [0.05, 0.1) is 5.56 Å². The van der Waals surface area contributed by atoms with E-state index in [-0.39, 0.29) is 12.2 Å². The second kappa shape index (κ2) is 14.0. The van der Waals surface area contributed by atoms with Gasteiger partial charge in [0.25, 0.3) is 12.9 Å². The van der Waals surface area contributed by atoms with Crippen molar-refractivity contribution < 1.29 is 33.7 Å². The van der Waals surface area contributed by atoms with Gasteiger partial charge in [-0.05, 0) is 70.6 Å². The van der Waals surface area contributed by atoms with E-state index in [1.54, 1.807) is 18.2 Å². The van der Waals surface area contributed by atoms with Crippen LogP contribution in [0.25, 0.3) is 11.1 Å². The fraction of sp³-hybridized carbons (Fsp3) is 0.108. The zero-order chi connectivity index (χ0) is 30.9. The molecular formula is C37H30O7. The van der Waals surface area contributed by atoms with Crippen molar-refractivity contribution in [2.24, 2.45) is 0 Å². The van der Waals surface area contributed by atoms with Crippen molar-refractivity contribution in [2.75, 3.05) is 0 Å². The van der Waals surface area contributed by atoms with Crippen molar-refractivity contribution in [1.82, 2.24) is 0 Å². The summed E-state index contributed by atoms with van der Waals surface area (Å²) in [7, 11) is 0. The monoisotopic (exact) mass is 586 g/mol. The van der Waals surface area contributed by atoms with Crippen LogP contribution in [-0.4, -0.2) is 24.0 Å². The molecule has 2 atom stereocenters. The van der Waals surface area contributed by atoms with E-state index in [2.05, 4.69) is 0 Å². The van der Waals surface area contributed by atoms with Gasteiger partial charge >= 0.3 is 5.97 Å². The largest absolute Gasteiger partial charge is 0.489 e. The minimum atomic E-state index is -0.959. The molecule has 5 aromatic rings. The normalized spacial score (nSPS) is 12.0. The van der Waals surface area contributed by atoms with Crippen LogP contribution in [0.5, 0.6) is 5.75 Å². The molecule has 0 heterocycles. The van der Waals surface area contributed by atoms with E-state index in [9.17, 15) is 19.5 Å². The lowest BCUT2D eigenvalue weighted by molar-refractivity contribution is -0.134. The van der Waals surface area contributed by atoms with Crippen molar-refractivity contribution in [3.8, 4) is 16.9 Å². The van der Waals surface area contributed by atoms with Gasteiger partial charge in [-0.15, -0.1) is 0 Å². The van der Waals surface area contributed by atoms with Gasteiger partial charge in [0.15, 0.2) is 12.2 Å². The number of aromatic carboxylic acids is 1. The lowest BCUT2D eigenvalue weighted by atomic mass is 9.89.